The zero-order valence-electron chi connectivity index (χ0n) is 13.0. The van der Waals surface area contributed by atoms with E-state index in [0.717, 1.165) is 0 Å². The maximum atomic E-state index is 13.8. The number of esters is 1. The number of rotatable bonds is 5. The SMILES string of the molecule is COC(=O)[C@H](Cc1ccccc1F)NC(=O)c1ccc(C#N)cc1. The Morgan fingerprint density at radius 2 is 1.88 bits per heavy atom. The lowest BCUT2D eigenvalue weighted by molar-refractivity contribution is -0.142. The maximum absolute atomic E-state index is 13.8. The Bertz CT molecular complexity index is 782. The van der Waals surface area contributed by atoms with Gasteiger partial charge in [-0.05, 0) is 35.9 Å². The summed E-state index contributed by atoms with van der Waals surface area (Å²) in [7, 11) is 1.20. The molecule has 0 fully saturated rings. The lowest BCUT2D eigenvalue weighted by atomic mass is 10.0. The van der Waals surface area contributed by atoms with Gasteiger partial charge in [0.15, 0.2) is 0 Å². The topological polar surface area (TPSA) is 79.2 Å². The summed E-state index contributed by atoms with van der Waals surface area (Å²) in [6.45, 7) is 0. The third-order valence-electron chi connectivity index (χ3n) is 3.45. The van der Waals surface area contributed by atoms with Crippen molar-refractivity contribution in [2.45, 2.75) is 12.5 Å². The van der Waals surface area contributed by atoms with Gasteiger partial charge < -0.3 is 10.1 Å². The number of benzene rings is 2. The van der Waals surface area contributed by atoms with Gasteiger partial charge in [-0.15, -0.1) is 0 Å². The van der Waals surface area contributed by atoms with Crippen LogP contribution in [0.5, 0.6) is 0 Å². The average Bonchev–Trinajstić information content (AvgIpc) is 2.62. The second-order valence-electron chi connectivity index (χ2n) is 5.03. The third-order valence-corrected chi connectivity index (χ3v) is 3.45. The van der Waals surface area contributed by atoms with Crippen LogP contribution in [-0.4, -0.2) is 25.0 Å². The second kappa shape index (κ2) is 7.88. The van der Waals surface area contributed by atoms with Gasteiger partial charge in [-0.3, -0.25) is 4.79 Å². The summed E-state index contributed by atoms with van der Waals surface area (Å²) in [5, 5.41) is 11.3. The Kier molecular flexibility index (Phi) is 5.63. The minimum atomic E-state index is -1.02. The first-order valence-corrected chi connectivity index (χ1v) is 7.17. The third kappa shape index (κ3) is 4.17. The van der Waals surface area contributed by atoms with E-state index >= 15 is 0 Å². The van der Waals surface area contributed by atoms with Crippen molar-refractivity contribution >= 4 is 11.9 Å². The fourth-order valence-corrected chi connectivity index (χ4v) is 2.16. The number of methoxy groups -OCH3 is 1. The van der Waals surface area contributed by atoms with E-state index < -0.39 is 23.7 Å². The molecule has 6 heteroatoms. The Balaban J connectivity index is 2.16. The van der Waals surface area contributed by atoms with Crippen LogP contribution in [0.2, 0.25) is 0 Å². The molecule has 0 heterocycles. The van der Waals surface area contributed by atoms with Crippen molar-refractivity contribution in [3.8, 4) is 6.07 Å². The fraction of sp³-hybridized carbons (Fsp3) is 0.167. The van der Waals surface area contributed by atoms with Crippen LogP contribution in [-0.2, 0) is 16.0 Å². The summed E-state index contributed by atoms with van der Waals surface area (Å²) in [5.74, 6) is -1.63. The summed E-state index contributed by atoms with van der Waals surface area (Å²) in [6, 6.07) is 12.9. The second-order valence-corrected chi connectivity index (χ2v) is 5.03. The van der Waals surface area contributed by atoms with Gasteiger partial charge in [0.2, 0.25) is 0 Å². The quantitative estimate of drug-likeness (QED) is 0.855. The van der Waals surface area contributed by atoms with Crippen molar-refractivity contribution < 1.29 is 18.7 Å². The molecule has 24 heavy (non-hydrogen) atoms. The molecule has 1 atom stereocenters. The molecule has 5 nitrogen and oxygen atoms in total. The number of nitrogens with one attached hydrogen (secondary N) is 1. The summed E-state index contributed by atoms with van der Waals surface area (Å²) in [4.78, 5) is 24.1. The van der Waals surface area contributed by atoms with Crippen molar-refractivity contribution in [3.63, 3.8) is 0 Å². The molecule has 0 bridgehead atoms. The van der Waals surface area contributed by atoms with Crippen molar-refractivity contribution in [2.75, 3.05) is 7.11 Å². The molecule has 0 aromatic heterocycles. The number of halogens is 1. The summed E-state index contributed by atoms with van der Waals surface area (Å²) in [5.41, 5.74) is 1.01. The van der Waals surface area contributed by atoms with Crippen molar-refractivity contribution in [3.05, 3.63) is 71.0 Å². The van der Waals surface area contributed by atoms with E-state index in [4.69, 9.17) is 5.26 Å². The molecule has 0 spiro atoms. The molecule has 0 aliphatic rings. The van der Waals surface area contributed by atoms with Crippen molar-refractivity contribution in [1.29, 1.82) is 5.26 Å². The van der Waals surface area contributed by atoms with E-state index in [1.54, 1.807) is 18.2 Å². The Morgan fingerprint density at radius 1 is 1.21 bits per heavy atom. The van der Waals surface area contributed by atoms with Crippen LogP contribution in [0.3, 0.4) is 0 Å². The number of nitriles is 1. The first kappa shape index (κ1) is 17.2. The highest BCUT2D eigenvalue weighted by molar-refractivity contribution is 5.96. The summed E-state index contributed by atoms with van der Waals surface area (Å²) < 4.78 is 18.4. The average molecular weight is 326 g/mol. The minimum Gasteiger partial charge on any atom is -0.467 e. The van der Waals surface area contributed by atoms with Gasteiger partial charge in [-0.1, -0.05) is 18.2 Å². The minimum absolute atomic E-state index is 0.0264. The van der Waals surface area contributed by atoms with E-state index in [9.17, 15) is 14.0 Å². The first-order chi connectivity index (χ1) is 11.5. The van der Waals surface area contributed by atoms with Crippen LogP contribution in [0.25, 0.3) is 0 Å². The van der Waals surface area contributed by atoms with Gasteiger partial charge in [0.1, 0.15) is 11.9 Å². The molecule has 0 aliphatic heterocycles. The van der Waals surface area contributed by atoms with E-state index in [1.807, 2.05) is 6.07 Å². The normalized spacial score (nSPS) is 11.2. The van der Waals surface area contributed by atoms with Crippen molar-refractivity contribution in [2.24, 2.45) is 0 Å². The van der Waals surface area contributed by atoms with Gasteiger partial charge in [0, 0.05) is 12.0 Å². The van der Waals surface area contributed by atoms with E-state index in [2.05, 4.69) is 10.1 Å². The highest BCUT2D eigenvalue weighted by Gasteiger charge is 2.23. The van der Waals surface area contributed by atoms with Gasteiger partial charge in [-0.25, -0.2) is 9.18 Å². The molecule has 0 aliphatic carbocycles. The van der Waals surface area contributed by atoms with Gasteiger partial charge >= 0.3 is 5.97 Å². The maximum Gasteiger partial charge on any atom is 0.328 e. The standard InChI is InChI=1S/C18H15FN2O3/c1-24-18(23)16(10-14-4-2-3-5-15(14)19)21-17(22)13-8-6-12(11-20)7-9-13/h2-9,16H,10H2,1H3,(H,21,22)/t16-/m0/s1. The first-order valence-electron chi connectivity index (χ1n) is 7.17. The smallest absolute Gasteiger partial charge is 0.328 e. The number of carbonyl (C=O) groups excluding carboxylic acids is 2. The number of ether oxygens (including phenoxy) is 1. The molecule has 2 aromatic rings. The van der Waals surface area contributed by atoms with Gasteiger partial charge in [0.05, 0.1) is 18.7 Å². The molecular formula is C18H15FN2O3. The zero-order chi connectivity index (χ0) is 17.5. The number of nitrogens with zero attached hydrogens (tertiary/aromatic N) is 1. The molecule has 0 saturated carbocycles. The predicted octanol–water partition coefficient (Wildman–Crippen LogP) is 2.21. The molecule has 0 saturated heterocycles. The van der Waals surface area contributed by atoms with E-state index in [0.29, 0.717) is 11.1 Å². The molecule has 0 unspecified atom stereocenters. The summed E-state index contributed by atoms with van der Waals surface area (Å²) >= 11 is 0. The molecule has 122 valence electrons. The number of amides is 1. The fourth-order valence-electron chi connectivity index (χ4n) is 2.16. The monoisotopic (exact) mass is 326 g/mol. The predicted molar refractivity (Wildman–Crippen MR) is 84.5 cm³/mol. The highest BCUT2D eigenvalue weighted by atomic mass is 19.1. The van der Waals surface area contributed by atoms with Crippen molar-refractivity contribution in [1.82, 2.24) is 5.32 Å². The number of hydrogen-bond donors (Lipinski definition) is 1. The van der Waals surface area contributed by atoms with E-state index in [1.165, 1.54) is 37.4 Å². The lowest BCUT2D eigenvalue weighted by Gasteiger charge is -2.17. The molecule has 2 aromatic carbocycles. The van der Waals surface area contributed by atoms with Crippen LogP contribution in [0.15, 0.2) is 48.5 Å². The van der Waals surface area contributed by atoms with Crippen LogP contribution < -0.4 is 5.32 Å². The van der Waals surface area contributed by atoms with Gasteiger partial charge in [-0.2, -0.15) is 5.26 Å². The van der Waals surface area contributed by atoms with Crippen LogP contribution in [0, 0.1) is 17.1 Å². The lowest BCUT2D eigenvalue weighted by Crippen LogP contribution is -2.43. The Hall–Kier alpha value is -3.20. The molecule has 2 rings (SSSR count). The molecule has 1 N–H and O–H groups in total. The Morgan fingerprint density at radius 3 is 2.46 bits per heavy atom. The molecule has 1 amide bonds. The van der Waals surface area contributed by atoms with Gasteiger partial charge in [0.25, 0.3) is 5.91 Å². The van der Waals surface area contributed by atoms with E-state index in [-0.39, 0.29) is 12.0 Å². The largest absolute Gasteiger partial charge is 0.467 e. The van der Waals surface area contributed by atoms with Crippen LogP contribution >= 0.6 is 0 Å². The van der Waals surface area contributed by atoms with Crippen LogP contribution in [0.4, 0.5) is 4.39 Å². The number of carbonyl (C=O) groups is 2. The summed E-state index contributed by atoms with van der Waals surface area (Å²) in [6.07, 6.45) is -0.0264. The molecule has 0 radical (unpaired) electrons. The zero-order valence-corrected chi connectivity index (χ0v) is 13.0. The molecular weight excluding hydrogens is 311 g/mol. The number of hydrogen-bond acceptors (Lipinski definition) is 4. The Labute approximate surface area is 138 Å². The van der Waals surface area contributed by atoms with Crippen LogP contribution in [0.1, 0.15) is 21.5 Å². The highest BCUT2D eigenvalue weighted by Crippen LogP contribution is 2.11.